The van der Waals surface area contributed by atoms with Crippen molar-refractivity contribution >= 4 is 38.1 Å². The molecule has 0 saturated carbocycles. The van der Waals surface area contributed by atoms with Gasteiger partial charge < -0.3 is 10.1 Å². The first-order valence-corrected chi connectivity index (χ1v) is 12.0. The minimum absolute atomic E-state index is 0.0475. The summed E-state index contributed by atoms with van der Waals surface area (Å²) in [5, 5.41) is 7.64. The van der Waals surface area contributed by atoms with E-state index in [2.05, 4.69) is 15.1 Å². The van der Waals surface area contributed by atoms with Crippen LogP contribution in [0.25, 0.3) is 10.8 Å². The predicted molar refractivity (Wildman–Crippen MR) is 130 cm³/mol. The summed E-state index contributed by atoms with van der Waals surface area (Å²) in [5.41, 5.74) is 0.0617. The number of nitrogens with zero attached hydrogens (tertiary/aromatic N) is 2. The number of methoxy groups -OCH3 is 1. The van der Waals surface area contributed by atoms with Crippen LogP contribution in [-0.2, 0) is 16.6 Å². The molecule has 0 saturated heterocycles. The van der Waals surface area contributed by atoms with E-state index in [9.17, 15) is 22.4 Å². The minimum atomic E-state index is -4.06. The third-order valence-corrected chi connectivity index (χ3v) is 6.59. The summed E-state index contributed by atoms with van der Waals surface area (Å²) in [7, 11) is -2.69. The molecule has 0 aliphatic heterocycles. The highest BCUT2D eigenvalue weighted by atomic mass is 32.2. The lowest BCUT2D eigenvalue weighted by atomic mass is 10.1. The quantitative estimate of drug-likeness (QED) is 0.403. The van der Waals surface area contributed by atoms with Gasteiger partial charge in [-0.05, 0) is 55.5 Å². The van der Waals surface area contributed by atoms with Gasteiger partial charge in [-0.1, -0.05) is 18.2 Å². The first-order chi connectivity index (χ1) is 16.7. The molecule has 4 rings (SSSR count). The highest BCUT2D eigenvalue weighted by Gasteiger charge is 2.20. The van der Waals surface area contributed by atoms with Gasteiger partial charge in [0.1, 0.15) is 11.6 Å². The molecule has 3 aromatic carbocycles. The minimum Gasteiger partial charge on any atom is -0.495 e. The largest absolute Gasteiger partial charge is 0.495 e. The number of hydrogen-bond acceptors (Lipinski definition) is 6. The van der Waals surface area contributed by atoms with Gasteiger partial charge in [-0.3, -0.25) is 14.3 Å². The van der Waals surface area contributed by atoms with Crippen LogP contribution < -0.4 is 20.3 Å². The molecule has 11 heteroatoms. The van der Waals surface area contributed by atoms with Gasteiger partial charge in [0, 0.05) is 17.6 Å². The zero-order chi connectivity index (χ0) is 25.2. The Balaban J connectivity index is 1.68. The maximum absolute atomic E-state index is 13.2. The van der Waals surface area contributed by atoms with Gasteiger partial charge in [-0.25, -0.2) is 17.5 Å². The first kappa shape index (κ1) is 23.9. The maximum atomic E-state index is 13.2. The molecule has 0 radical (unpaired) electrons. The Labute approximate surface area is 200 Å². The Morgan fingerprint density at radius 1 is 1.06 bits per heavy atom. The van der Waals surface area contributed by atoms with Gasteiger partial charge in [-0.15, -0.1) is 0 Å². The van der Waals surface area contributed by atoms with Crippen LogP contribution in [0.3, 0.4) is 0 Å². The van der Waals surface area contributed by atoms with E-state index in [-0.39, 0.29) is 39.8 Å². The lowest BCUT2D eigenvalue weighted by Gasteiger charge is -2.14. The second-order valence-electron chi connectivity index (χ2n) is 7.44. The Bertz CT molecular complexity index is 1580. The summed E-state index contributed by atoms with van der Waals surface area (Å²) < 4.78 is 47.6. The second kappa shape index (κ2) is 9.55. The van der Waals surface area contributed by atoms with E-state index in [1.807, 2.05) is 0 Å². The van der Waals surface area contributed by atoms with E-state index in [4.69, 9.17) is 4.74 Å². The number of ether oxygens (including phenoxy) is 1. The lowest BCUT2D eigenvalue weighted by Crippen LogP contribution is -2.27. The zero-order valence-electron chi connectivity index (χ0n) is 18.8. The molecule has 1 amide bonds. The molecule has 35 heavy (non-hydrogen) atoms. The number of aromatic nitrogens is 2. The second-order valence-corrected chi connectivity index (χ2v) is 9.13. The van der Waals surface area contributed by atoms with Crippen LogP contribution in [0.15, 0.2) is 76.4 Å². The van der Waals surface area contributed by atoms with Crippen LogP contribution in [0.2, 0.25) is 0 Å². The van der Waals surface area contributed by atoms with Crippen molar-refractivity contribution in [2.24, 2.45) is 0 Å². The molecule has 0 aliphatic carbocycles. The van der Waals surface area contributed by atoms with Crippen LogP contribution in [-0.4, -0.2) is 31.2 Å². The van der Waals surface area contributed by atoms with Crippen LogP contribution in [0, 0.1) is 5.82 Å². The molecule has 0 atom stereocenters. The normalized spacial score (nSPS) is 11.3. The van der Waals surface area contributed by atoms with E-state index in [1.54, 1.807) is 31.2 Å². The van der Waals surface area contributed by atoms with Gasteiger partial charge >= 0.3 is 0 Å². The summed E-state index contributed by atoms with van der Waals surface area (Å²) >= 11 is 0. The number of aryl methyl sites for hydroxylation is 1. The van der Waals surface area contributed by atoms with Gasteiger partial charge in [0.2, 0.25) is 0 Å². The van der Waals surface area contributed by atoms with Gasteiger partial charge in [0.25, 0.3) is 21.5 Å². The summed E-state index contributed by atoms with van der Waals surface area (Å²) in [4.78, 5) is 25.5. The first-order valence-electron chi connectivity index (χ1n) is 10.5. The van der Waals surface area contributed by atoms with Crippen molar-refractivity contribution in [1.29, 1.82) is 0 Å². The summed E-state index contributed by atoms with van der Waals surface area (Å²) in [6, 6.07) is 15.4. The Morgan fingerprint density at radius 3 is 2.40 bits per heavy atom. The highest BCUT2D eigenvalue weighted by molar-refractivity contribution is 7.92. The van der Waals surface area contributed by atoms with Crippen molar-refractivity contribution in [2.75, 3.05) is 17.1 Å². The molecular weight excluding hydrogens is 475 g/mol. The maximum Gasteiger partial charge on any atom is 0.276 e. The number of rotatable bonds is 7. The van der Waals surface area contributed by atoms with Crippen molar-refractivity contribution in [3.8, 4) is 5.75 Å². The number of sulfonamides is 1. The van der Waals surface area contributed by atoms with Crippen LogP contribution in [0.1, 0.15) is 17.4 Å². The standard InChI is InChI=1S/C24H21FN4O5S/c1-3-29-24(31)19-7-5-4-6-18(19)22(27-29)23(30)26-16-10-13-21(34-2)20(14-16)28-35(32,33)17-11-8-15(25)9-12-17/h4-14,28H,3H2,1-2H3,(H,26,30). The molecule has 180 valence electrons. The topological polar surface area (TPSA) is 119 Å². The van der Waals surface area contributed by atoms with Gasteiger partial charge in [0.15, 0.2) is 5.69 Å². The van der Waals surface area contributed by atoms with E-state index < -0.39 is 21.7 Å². The van der Waals surface area contributed by atoms with Crippen molar-refractivity contribution < 1.29 is 22.3 Å². The molecule has 2 N–H and O–H groups in total. The smallest absolute Gasteiger partial charge is 0.276 e. The number of nitrogens with one attached hydrogen (secondary N) is 2. The number of amides is 1. The third-order valence-electron chi connectivity index (χ3n) is 5.21. The number of anilines is 2. The molecule has 4 aromatic rings. The van der Waals surface area contributed by atoms with Crippen molar-refractivity contribution in [2.45, 2.75) is 18.4 Å². The average Bonchev–Trinajstić information content (AvgIpc) is 2.84. The van der Waals surface area contributed by atoms with E-state index in [0.29, 0.717) is 10.8 Å². The van der Waals surface area contributed by atoms with E-state index >= 15 is 0 Å². The highest BCUT2D eigenvalue weighted by Crippen LogP contribution is 2.30. The molecule has 1 aromatic heterocycles. The molecule has 0 fully saturated rings. The molecule has 0 spiro atoms. The van der Waals surface area contributed by atoms with Gasteiger partial charge in [0.05, 0.1) is 23.1 Å². The average molecular weight is 497 g/mol. The van der Waals surface area contributed by atoms with Crippen LogP contribution >= 0.6 is 0 Å². The van der Waals surface area contributed by atoms with Crippen molar-refractivity contribution in [3.05, 3.63) is 88.6 Å². The molecule has 0 bridgehead atoms. The molecule has 0 aliphatic rings. The van der Waals surface area contributed by atoms with Crippen LogP contribution in [0.5, 0.6) is 5.75 Å². The van der Waals surface area contributed by atoms with E-state index in [1.165, 1.54) is 30.0 Å². The fraction of sp³-hybridized carbons (Fsp3) is 0.125. The lowest BCUT2D eigenvalue weighted by molar-refractivity contribution is 0.102. The fourth-order valence-corrected chi connectivity index (χ4v) is 4.55. The predicted octanol–water partition coefficient (Wildman–Crippen LogP) is 3.62. The van der Waals surface area contributed by atoms with E-state index in [0.717, 1.165) is 24.3 Å². The monoisotopic (exact) mass is 496 g/mol. The van der Waals surface area contributed by atoms with Crippen molar-refractivity contribution in [1.82, 2.24) is 9.78 Å². The SMILES string of the molecule is CCn1nc(C(=O)Nc2ccc(OC)c(NS(=O)(=O)c3ccc(F)cc3)c2)c2ccccc2c1=O. The third kappa shape index (κ3) is 4.85. The molecule has 0 unspecified atom stereocenters. The molecular formula is C24H21FN4O5S. The summed E-state index contributed by atoms with van der Waals surface area (Å²) in [5.74, 6) is -0.945. The summed E-state index contributed by atoms with van der Waals surface area (Å²) in [6.07, 6.45) is 0. The fourth-order valence-electron chi connectivity index (χ4n) is 3.49. The number of benzene rings is 3. The Morgan fingerprint density at radius 2 is 1.74 bits per heavy atom. The summed E-state index contributed by atoms with van der Waals surface area (Å²) in [6.45, 7) is 2.02. The Hall–Kier alpha value is -4.25. The Kier molecular flexibility index (Phi) is 6.52. The number of carbonyl (C=O) groups is 1. The zero-order valence-corrected chi connectivity index (χ0v) is 19.6. The number of halogens is 1. The van der Waals surface area contributed by atoms with Crippen molar-refractivity contribution in [3.63, 3.8) is 0 Å². The number of fused-ring (bicyclic) bond motifs is 1. The van der Waals surface area contributed by atoms with Crippen LogP contribution in [0.4, 0.5) is 15.8 Å². The molecule has 9 nitrogen and oxygen atoms in total. The number of carbonyl (C=O) groups excluding carboxylic acids is 1. The van der Waals surface area contributed by atoms with Gasteiger partial charge in [-0.2, -0.15) is 5.10 Å². The molecule has 1 heterocycles. The number of hydrogen-bond donors (Lipinski definition) is 2.